The Morgan fingerprint density at radius 1 is 1.15 bits per heavy atom. The Morgan fingerprint density at radius 3 is 2.40 bits per heavy atom. The summed E-state index contributed by atoms with van der Waals surface area (Å²) >= 11 is 0. The van der Waals surface area contributed by atoms with Crippen molar-refractivity contribution in [2.45, 2.75) is 52.5 Å². The molecule has 120 valence electrons. The molecule has 1 saturated heterocycles. The summed E-state index contributed by atoms with van der Waals surface area (Å²) in [6.07, 6.45) is 5.38. The molecule has 1 fully saturated rings. The van der Waals surface area contributed by atoms with Crippen LogP contribution in [0.25, 0.3) is 0 Å². The Balaban J connectivity index is 2.03. The van der Waals surface area contributed by atoms with Gasteiger partial charge in [-0.1, -0.05) is 13.8 Å². The number of hydrogen-bond acceptors (Lipinski definition) is 3. The molecule has 0 spiro atoms. The molecule has 0 bridgehead atoms. The minimum absolute atomic E-state index is 0.661. The molecule has 0 amide bonds. The van der Waals surface area contributed by atoms with Crippen molar-refractivity contribution in [3.05, 3.63) is 0 Å². The molecule has 1 N–H and O–H groups in total. The minimum atomic E-state index is 0.661. The summed E-state index contributed by atoms with van der Waals surface area (Å²) in [4.78, 5) is 4.96. The third kappa shape index (κ3) is 8.23. The summed E-state index contributed by atoms with van der Waals surface area (Å²) in [5.41, 5.74) is 0. The molecule has 1 unspecified atom stereocenters. The standard InChI is InChI=1S/C17H37N3/c1-15(2)6-7-16(3)18-10-13-20(5)14-17-8-11-19(4)12-9-17/h15-18H,6-14H2,1-5H3. The van der Waals surface area contributed by atoms with Gasteiger partial charge in [-0.2, -0.15) is 0 Å². The lowest BCUT2D eigenvalue weighted by Gasteiger charge is -2.31. The van der Waals surface area contributed by atoms with Gasteiger partial charge in [-0.25, -0.2) is 0 Å². The number of nitrogens with zero attached hydrogens (tertiary/aromatic N) is 2. The summed E-state index contributed by atoms with van der Waals surface area (Å²) in [5.74, 6) is 1.74. The second kappa shape index (κ2) is 9.75. The first-order valence-electron chi connectivity index (χ1n) is 8.57. The molecule has 0 saturated carbocycles. The van der Waals surface area contributed by atoms with Gasteiger partial charge in [-0.3, -0.25) is 0 Å². The third-order valence-corrected chi connectivity index (χ3v) is 4.57. The van der Waals surface area contributed by atoms with Gasteiger partial charge in [0, 0.05) is 25.7 Å². The fourth-order valence-corrected chi connectivity index (χ4v) is 2.96. The van der Waals surface area contributed by atoms with Crippen LogP contribution in [0.1, 0.15) is 46.5 Å². The molecule has 0 radical (unpaired) electrons. The van der Waals surface area contributed by atoms with E-state index in [0.29, 0.717) is 6.04 Å². The van der Waals surface area contributed by atoms with E-state index in [2.05, 4.69) is 50.0 Å². The van der Waals surface area contributed by atoms with Gasteiger partial charge in [0.15, 0.2) is 0 Å². The van der Waals surface area contributed by atoms with E-state index in [1.54, 1.807) is 0 Å². The fraction of sp³-hybridized carbons (Fsp3) is 1.00. The van der Waals surface area contributed by atoms with Gasteiger partial charge in [0.05, 0.1) is 0 Å². The number of piperidine rings is 1. The highest BCUT2D eigenvalue weighted by Crippen LogP contribution is 2.16. The molecule has 0 aromatic carbocycles. The summed E-state index contributed by atoms with van der Waals surface area (Å²) in [5, 5.41) is 3.66. The Kier molecular flexibility index (Phi) is 8.74. The molecule has 0 aliphatic carbocycles. The lowest BCUT2D eigenvalue weighted by Crippen LogP contribution is -2.39. The normalized spacial score (nSPS) is 19.9. The van der Waals surface area contributed by atoms with Crippen LogP contribution in [-0.2, 0) is 0 Å². The first-order valence-corrected chi connectivity index (χ1v) is 8.57. The molecule has 20 heavy (non-hydrogen) atoms. The quantitative estimate of drug-likeness (QED) is 0.702. The molecule has 3 heteroatoms. The highest BCUT2D eigenvalue weighted by atomic mass is 15.1. The van der Waals surface area contributed by atoms with Crippen molar-refractivity contribution in [2.75, 3.05) is 46.8 Å². The summed E-state index contributed by atoms with van der Waals surface area (Å²) in [7, 11) is 4.52. The predicted octanol–water partition coefficient (Wildman–Crippen LogP) is 2.67. The van der Waals surface area contributed by atoms with Gasteiger partial charge in [0.25, 0.3) is 0 Å². The molecular weight excluding hydrogens is 246 g/mol. The van der Waals surface area contributed by atoms with Gasteiger partial charge in [0.1, 0.15) is 0 Å². The fourth-order valence-electron chi connectivity index (χ4n) is 2.96. The lowest BCUT2D eigenvalue weighted by atomic mass is 9.97. The van der Waals surface area contributed by atoms with Gasteiger partial charge in [-0.05, 0) is 71.6 Å². The number of hydrogen-bond donors (Lipinski definition) is 1. The predicted molar refractivity (Wildman–Crippen MR) is 89.3 cm³/mol. The Bertz CT molecular complexity index is 234. The second-order valence-electron chi connectivity index (χ2n) is 7.34. The molecule has 0 aromatic heterocycles. The highest BCUT2D eigenvalue weighted by Gasteiger charge is 2.17. The van der Waals surface area contributed by atoms with E-state index in [0.717, 1.165) is 18.4 Å². The first kappa shape index (κ1) is 17.9. The average Bonchev–Trinajstić information content (AvgIpc) is 2.39. The largest absolute Gasteiger partial charge is 0.313 e. The topological polar surface area (TPSA) is 18.5 Å². The minimum Gasteiger partial charge on any atom is -0.313 e. The molecule has 1 aliphatic rings. The second-order valence-corrected chi connectivity index (χ2v) is 7.34. The zero-order valence-corrected chi connectivity index (χ0v) is 14.5. The zero-order chi connectivity index (χ0) is 15.0. The molecule has 0 aromatic rings. The smallest absolute Gasteiger partial charge is 0.0104 e. The average molecular weight is 284 g/mol. The van der Waals surface area contributed by atoms with Gasteiger partial charge < -0.3 is 15.1 Å². The summed E-state index contributed by atoms with van der Waals surface area (Å²) in [6, 6.07) is 0.661. The molecule has 1 heterocycles. The molecular formula is C17H37N3. The van der Waals surface area contributed by atoms with E-state index < -0.39 is 0 Å². The maximum Gasteiger partial charge on any atom is 0.0104 e. The first-order chi connectivity index (χ1) is 9.47. The summed E-state index contributed by atoms with van der Waals surface area (Å²) in [6.45, 7) is 13.1. The van der Waals surface area contributed by atoms with Crippen LogP contribution in [0.3, 0.4) is 0 Å². The number of nitrogens with one attached hydrogen (secondary N) is 1. The van der Waals surface area contributed by atoms with Crippen LogP contribution >= 0.6 is 0 Å². The Morgan fingerprint density at radius 2 is 1.80 bits per heavy atom. The maximum absolute atomic E-state index is 3.66. The summed E-state index contributed by atoms with van der Waals surface area (Å²) < 4.78 is 0. The maximum atomic E-state index is 3.66. The van der Waals surface area contributed by atoms with Crippen molar-refractivity contribution < 1.29 is 0 Å². The van der Waals surface area contributed by atoms with Crippen molar-refractivity contribution in [2.24, 2.45) is 11.8 Å². The highest BCUT2D eigenvalue weighted by molar-refractivity contribution is 4.73. The Hall–Kier alpha value is -0.120. The number of rotatable bonds is 9. The molecule has 1 atom stereocenters. The molecule has 3 nitrogen and oxygen atoms in total. The van der Waals surface area contributed by atoms with E-state index in [1.807, 2.05) is 0 Å². The molecule has 1 rings (SSSR count). The van der Waals surface area contributed by atoms with Crippen molar-refractivity contribution in [3.63, 3.8) is 0 Å². The van der Waals surface area contributed by atoms with E-state index in [9.17, 15) is 0 Å². The number of likely N-dealkylation sites (tertiary alicyclic amines) is 1. The third-order valence-electron chi connectivity index (χ3n) is 4.57. The van der Waals surface area contributed by atoms with Crippen LogP contribution in [0.15, 0.2) is 0 Å². The van der Waals surface area contributed by atoms with Crippen LogP contribution < -0.4 is 5.32 Å². The Labute approximate surface area is 127 Å². The van der Waals surface area contributed by atoms with Crippen LogP contribution in [-0.4, -0.2) is 62.7 Å². The van der Waals surface area contributed by atoms with Crippen molar-refractivity contribution >= 4 is 0 Å². The van der Waals surface area contributed by atoms with E-state index >= 15 is 0 Å². The van der Waals surface area contributed by atoms with Gasteiger partial charge in [0.2, 0.25) is 0 Å². The van der Waals surface area contributed by atoms with E-state index in [-0.39, 0.29) is 0 Å². The SMILES string of the molecule is CC(C)CCC(C)NCCN(C)CC1CCN(C)CC1. The van der Waals surface area contributed by atoms with Gasteiger partial charge >= 0.3 is 0 Å². The lowest BCUT2D eigenvalue weighted by molar-refractivity contribution is 0.176. The monoisotopic (exact) mass is 283 g/mol. The van der Waals surface area contributed by atoms with Crippen molar-refractivity contribution in [1.29, 1.82) is 0 Å². The van der Waals surface area contributed by atoms with Gasteiger partial charge in [-0.15, -0.1) is 0 Å². The van der Waals surface area contributed by atoms with Crippen LogP contribution in [0.5, 0.6) is 0 Å². The van der Waals surface area contributed by atoms with Crippen LogP contribution in [0.2, 0.25) is 0 Å². The van der Waals surface area contributed by atoms with Crippen LogP contribution in [0.4, 0.5) is 0 Å². The van der Waals surface area contributed by atoms with Crippen molar-refractivity contribution in [1.82, 2.24) is 15.1 Å². The number of likely N-dealkylation sites (N-methyl/N-ethyl adjacent to an activating group) is 1. The van der Waals surface area contributed by atoms with Crippen LogP contribution in [0, 0.1) is 11.8 Å². The molecule has 1 aliphatic heterocycles. The van der Waals surface area contributed by atoms with E-state index in [4.69, 9.17) is 0 Å². The van der Waals surface area contributed by atoms with Crippen molar-refractivity contribution in [3.8, 4) is 0 Å². The zero-order valence-electron chi connectivity index (χ0n) is 14.5. The van der Waals surface area contributed by atoms with E-state index in [1.165, 1.54) is 51.9 Å².